The number of hydrogen-bond donors (Lipinski definition) is 2. The van der Waals surface area contributed by atoms with Gasteiger partial charge in [-0.15, -0.1) is 0 Å². The van der Waals surface area contributed by atoms with Crippen LogP contribution in [0, 0.1) is 0 Å². The molecule has 0 aromatic rings. The lowest BCUT2D eigenvalue weighted by molar-refractivity contribution is 0.648. The lowest BCUT2D eigenvalue weighted by Crippen LogP contribution is -2.45. The van der Waals surface area contributed by atoms with E-state index in [-0.39, 0.29) is 0 Å². The molecule has 0 amide bonds. The van der Waals surface area contributed by atoms with Crippen molar-refractivity contribution in [3.8, 4) is 0 Å². The van der Waals surface area contributed by atoms with Crippen LogP contribution in [0.2, 0.25) is 38.3 Å². The minimum absolute atomic E-state index is 1.10. The van der Waals surface area contributed by atoms with Crippen molar-refractivity contribution in [3.05, 3.63) is 0 Å². The molecule has 0 aromatic heterocycles. The van der Waals surface area contributed by atoms with Gasteiger partial charge >= 0.3 is 0 Å². The summed E-state index contributed by atoms with van der Waals surface area (Å²) >= 11 is 0. The molecule has 2 nitrogen and oxygen atoms in total. The van der Waals surface area contributed by atoms with E-state index < -0.39 is 16.5 Å². The number of rotatable bonds is 14. The Labute approximate surface area is 137 Å². The molecular weight excluding hydrogens is 288 g/mol. The van der Waals surface area contributed by atoms with Crippen molar-refractivity contribution in [1.29, 1.82) is 0 Å². The van der Waals surface area contributed by atoms with Gasteiger partial charge in [-0.05, 0) is 38.0 Å². The fourth-order valence-corrected chi connectivity index (χ4v) is 7.23. The zero-order valence-corrected chi connectivity index (χ0v) is 17.8. The molecule has 0 atom stereocenters. The number of hydrogen-bond acceptors (Lipinski definition) is 2. The highest BCUT2D eigenvalue weighted by molar-refractivity contribution is 6.75. The predicted octanol–water partition coefficient (Wildman–Crippen LogP) is 5.35. The molecule has 0 spiro atoms. The highest BCUT2D eigenvalue weighted by Crippen LogP contribution is 2.11. The molecular formula is C17H42N2Si2. The summed E-state index contributed by atoms with van der Waals surface area (Å²) in [6, 6.07) is 2.87. The number of nitrogens with one attached hydrogen (secondary N) is 2. The first-order valence-corrected chi connectivity index (χ1v) is 15.7. The Morgan fingerprint density at radius 3 is 1.29 bits per heavy atom. The molecule has 0 aliphatic carbocycles. The molecule has 0 saturated carbocycles. The second-order valence-electron chi connectivity index (χ2n) is 7.89. The van der Waals surface area contributed by atoms with E-state index in [1.54, 1.807) is 0 Å². The predicted molar refractivity (Wildman–Crippen MR) is 104 cm³/mol. The monoisotopic (exact) mass is 330 g/mol. The molecule has 0 radical (unpaired) electrons. The molecule has 0 aliphatic rings. The lowest BCUT2D eigenvalue weighted by Gasteiger charge is -2.24. The van der Waals surface area contributed by atoms with Gasteiger partial charge in [-0.2, -0.15) is 0 Å². The Hall–Kier alpha value is 0.354. The van der Waals surface area contributed by atoms with Crippen LogP contribution in [0.1, 0.15) is 58.8 Å². The van der Waals surface area contributed by atoms with E-state index in [9.17, 15) is 0 Å². The summed E-state index contributed by atoms with van der Waals surface area (Å²) in [5.41, 5.74) is 0. The molecule has 4 heteroatoms. The first kappa shape index (κ1) is 21.4. The summed E-state index contributed by atoms with van der Waals surface area (Å²) in [6.07, 6.45) is 9.53. The molecule has 0 aromatic carbocycles. The van der Waals surface area contributed by atoms with Crippen LogP contribution < -0.4 is 9.96 Å². The summed E-state index contributed by atoms with van der Waals surface area (Å²) in [6.45, 7) is 17.0. The van der Waals surface area contributed by atoms with Crippen LogP contribution in [0.25, 0.3) is 0 Å². The van der Waals surface area contributed by atoms with Crippen LogP contribution in [0.3, 0.4) is 0 Å². The first-order chi connectivity index (χ1) is 9.83. The third-order valence-electron chi connectivity index (χ3n) is 4.37. The fourth-order valence-electron chi connectivity index (χ4n) is 2.69. The van der Waals surface area contributed by atoms with Gasteiger partial charge in [0.25, 0.3) is 0 Å². The summed E-state index contributed by atoms with van der Waals surface area (Å²) in [7, 11) is -2.19. The molecule has 0 saturated heterocycles. The Bertz CT molecular complexity index is 219. The highest BCUT2D eigenvalue weighted by atomic mass is 28.3. The normalized spacial score (nSPS) is 12.9. The van der Waals surface area contributed by atoms with Gasteiger partial charge in [0.05, 0.1) is 0 Å². The van der Waals surface area contributed by atoms with Crippen molar-refractivity contribution in [2.75, 3.05) is 13.1 Å². The molecule has 0 unspecified atom stereocenters. The van der Waals surface area contributed by atoms with Crippen molar-refractivity contribution < 1.29 is 0 Å². The van der Waals surface area contributed by atoms with E-state index in [1.807, 2.05) is 0 Å². The third kappa shape index (κ3) is 13.7. The minimum atomic E-state index is -1.10. The number of unbranched alkanes of at least 4 members (excludes halogenated alkanes) is 4. The fraction of sp³-hybridized carbons (Fsp3) is 1.00. The molecule has 0 rings (SSSR count). The van der Waals surface area contributed by atoms with Crippen molar-refractivity contribution >= 4 is 16.5 Å². The van der Waals surface area contributed by atoms with Crippen LogP contribution in [0.4, 0.5) is 0 Å². The molecule has 0 heterocycles. The van der Waals surface area contributed by atoms with E-state index >= 15 is 0 Å². The van der Waals surface area contributed by atoms with Gasteiger partial charge in [-0.25, -0.2) is 0 Å². The maximum absolute atomic E-state index is 3.86. The summed E-state index contributed by atoms with van der Waals surface area (Å²) < 4.78 is 0. The van der Waals surface area contributed by atoms with E-state index in [0.717, 1.165) is 0 Å². The SMILES string of the molecule is CCCC[Si](C)(C)NCCCCCN[Si](C)(C)CCCC. The van der Waals surface area contributed by atoms with Gasteiger partial charge in [-0.1, -0.05) is 72.1 Å². The largest absolute Gasteiger partial charge is 0.337 e. The molecule has 0 aliphatic heterocycles. The quantitative estimate of drug-likeness (QED) is 0.331. The smallest absolute Gasteiger partial charge is 0.119 e. The average Bonchev–Trinajstić information content (AvgIpc) is 2.42. The minimum Gasteiger partial charge on any atom is -0.337 e. The lowest BCUT2D eigenvalue weighted by atomic mass is 10.2. The second kappa shape index (κ2) is 11.9. The Morgan fingerprint density at radius 1 is 0.571 bits per heavy atom. The summed E-state index contributed by atoms with van der Waals surface area (Å²) in [5, 5.41) is 0. The average molecular weight is 331 g/mol. The van der Waals surface area contributed by atoms with Crippen LogP contribution in [0.15, 0.2) is 0 Å². The molecule has 0 fully saturated rings. The first-order valence-electron chi connectivity index (χ1n) is 9.33. The standard InChI is InChI=1S/C17H42N2Si2/c1-7-9-16-20(3,4)18-14-12-11-13-15-19-21(5,6)17-10-8-2/h18-19H,7-17H2,1-6H3. The zero-order valence-electron chi connectivity index (χ0n) is 15.8. The van der Waals surface area contributed by atoms with Crippen molar-refractivity contribution in [1.82, 2.24) is 9.96 Å². The van der Waals surface area contributed by atoms with Gasteiger partial charge in [0, 0.05) is 0 Å². The van der Waals surface area contributed by atoms with Crippen LogP contribution in [-0.2, 0) is 0 Å². The van der Waals surface area contributed by atoms with Crippen LogP contribution in [0.5, 0.6) is 0 Å². The van der Waals surface area contributed by atoms with Gasteiger partial charge in [-0.3, -0.25) is 0 Å². The maximum Gasteiger partial charge on any atom is 0.119 e. The molecule has 21 heavy (non-hydrogen) atoms. The third-order valence-corrected chi connectivity index (χ3v) is 9.99. The van der Waals surface area contributed by atoms with Crippen molar-refractivity contribution in [2.45, 2.75) is 97.1 Å². The van der Waals surface area contributed by atoms with Crippen molar-refractivity contribution in [3.63, 3.8) is 0 Å². The topological polar surface area (TPSA) is 24.1 Å². The summed E-state index contributed by atoms with van der Waals surface area (Å²) in [4.78, 5) is 7.71. The Kier molecular flexibility index (Phi) is 12.1. The summed E-state index contributed by atoms with van der Waals surface area (Å²) in [5.74, 6) is 0. The van der Waals surface area contributed by atoms with E-state index in [1.165, 1.54) is 70.1 Å². The van der Waals surface area contributed by atoms with Gasteiger partial charge in [0.15, 0.2) is 0 Å². The Morgan fingerprint density at radius 2 is 0.952 bits per heavy atom. The van der Waals surface area contributed by atoms with E-state index in [0.29, 0.717) is 0 Å². The molecule has 0 bridgehead atoms. The highest BCUT2D eigenvalue weighted by Gasteiger charge is 2.19. The van der Waals surface area contributed by atoms with E-state index in [2.05, 4.69) is 50.0 Å². The second-order valence-corrected chi connectivity index (χ2v) is 17.1. The van der Waals surface area contributed by atoms with Crippen LogP contribution >= 0.6 is 0 Å². The maximum atomic E-state index is 3.86. The van der Waals surface area contributed by atoms with Crippen LogP contribution in [-0.4, -0.2) is 29.6 Å². The molecule has 2 N–H and O–H groups in total. The van der Waals surface area contributed by atoms with Gasteiger partial charge < -0.3 is 9.96 Å². The Balaban J connectivity index is 3.51. The van der Waals surface area contributed by atoms with Gasteiger partial charge in [0.1, 0.15) is 16.5 Å². The van der Waals surface area contributed by atoms with Gasteiger partial charge in [0.2, 0.25) is 0 Å². The zero-order chi connectivity index (χ0) is 16.2. The molecule has 128 valence electrons. The van der Waals surface area contributed by atoms with E-state index in [4.69, 9.17) is 0 Å². The van der Waals surface area contributed by atoms with Crippen molar-refractivity contribution in [2.24, 2.45) is 0 Å².